The molecule has 110 valence electrons. The largest absolute Gasteiger partial charge is 0.496 e. The second-order valence-corrected chi connectivity index (χ2v) is 4.57. The molecule has 0 unspecified atom stereocenters. The number of ether oxygens (including phenoxy) is 3. The van der Waals surface area contributed by atoms with E-state index >= 15 is 0 Å². The molecule has 0 aliphatic carbocycles. The van der Waals surface area contributed by atoms with Crippen LogP contribution in [0.4, 0.5) is 5.95 Å². The Kier molecular flexibility index (Phi) is 3.39. The van der Waals surface area contributed by atoms with Crippen molar-refractivity contribution in [3.63, 3.8) is 0 Å². The highest BCUT2D eigenvalue weighted by Gasteiger charge is 2.15. The number of nitrogens with zero attached hydrogens (tertiary/aromatic N) is 3. The normalized spacial score (nSPS) is 13.6. The van der Waals surface area contributed by atoms with Crippen LogP contribution in [0.5, 0.6) is 17.2 Å². The third-order valence-electron chi connectivity index (χ3n) is 3.05. The van der Waals surface area contributed by atoms with Crippen LogP contribution in [-0.4, -0.2) is 36.2 Å². The summed E-state index contributed by atoms with van der Waals surface area (Å²) >= 11 is 0. The molecule has 3 rings (SSSR count). The number of nitrogens with two attached hydrogens (primary N) is 1. The first-order valence-electron chi connectivity index (χ1n) is 6.51. The van der Waals surface area contributed by atoms with Gasteiger partial charge in [0.2, 0.25) is 5.95 Å². The van der Waals surface area contributed by atoms with E-state index in [1.807, 2.05) is 13.0 Å². The second kappa shape index (κ2) is 5.35. The fourth-order valence-corrected chi connectivity index (χ4v) is 2.08. The lowest BCUT2D eigenvalue weighted by Crippen LogP contribution is -2.15. The van der Waals surface area contributed by atoms with Gasteiger partial charge in [0.25, 0.3) is 0 Å². The van der Waals surface area contributed by atoms with E-state index in [2.05, 4.69) is 10.1 Å². The topological polar surface area (TPSA) is 83.9 Å². The molecule has 21 heavy (non-hydrogen) atoms. The Balaban J connectivity index is 1.95. The maximum Gasteiger partial charge on any atom is 0.221 e. The maximum atomic E-state index is 5.75. The SMILES string of the molecule is COc1cc2c(cc1C=Nn1cc(C)nc1N)OCCO2. The molecule has 0 bridgehead atoms. The Labute approximate surface area is 121 Å². The number of hydrogen-bond donors (Lipinski definition) is 1. The van der Waals surface area contributed by atoms with Gasteiger partial charge in [0.15, 0.2) is 11.5 Å². The van der Waals surface area contributed by atoms with E-state index in [1.165, 1.54) is 4.68 Å². The van der Waals surface area contributed by atoms with Gasteiger partial charge in [-0.05, 0) is 13.0 Å². The monoisotopic (exact) mass is 288 g/mol. The zero-order chi connectivity index (χ0) is 14.8. The highest BCUT2D eigenvalue weighted by molar-refractivity contribution is 5.85. The van der Waals surface area contributed by atoms with Crippen molar-refractivity contribution in [2.24, 2.45) is 5.10 Å². The molecule has 7 heteroatoms. The van der Waals surface area contributed by atoms with Gasteiger partial charge >= 0.3 is 0 Å². The first-order valence-corrected chi connectivity index (χ1v) is 6.51. The van der Waals surface area contributed by atoms with Crippen LogP contribution in [0.25, 0.3) is 0 Å². The molecule has 0 radical (unpaired) electrons. The number of aryl methyl sites for hydroxylation is 1. The van der Waals surface area contributed by atoms with Gasteiger partial charge in [0, 0.05) is 11.6 Å². The molecule has 1 aromatic carbocycles. The maximum absolute atomic E-state index is 5.75. The fourth-order valence-electron chi connectivity index (χ4n) is 2.08. The van der Waals surface area contributed by atoms with E-state index in [4.69, 9.17) is 19.9 Å². The molecule has 7 nitrogen and oxygen atoms in total. The number of benzene rings is 1. The van der Waals surface area contributed by atoms with Crippen molar-refractivity contribution in [1.82, 2.24) is 9.66 Å². The van der Waals surface area contributed by atoms with Gasteiger partial charge in [-0.3, -0.25) is 0 Å². The van der Waals surface area contributed by atoms with Gasteiger partial charge in [-0.15, -0.1) is 0 Å². The number of methoxy groups -OCH3 is 1. The van der Waals surface area contributed by atoms with Crippen LogP contribution in [0.15, 0.2) is 23.4 Å². The van der Waals surface area contributed by atoms with Crippen molar-refractivity contribution in [2.45, 2.75) is 6.92 Å². The Morgan fingerprint density at radius 2 is 2.05 bits per heavy atom. The number of imidazole rings is 1. The van der Waals surface area contributed by atoms with Crippen LogP contribution in [0.2, 0.25) is 0 Å². The number of anilines is 1. The molecule has 2 N–H and O–H groups in total. The number of hydrogen-bond acceptors (Lipinski definition) is 6. The number of rotatable bonds is 3. The van der Waals surface area contributed by atoms with Crippen LogP contribution in [-0.2, 0) is 0 Å². The van der Waals surface area contributed by atoms with Crippen molar-refractivity contribution in [3.8, 4) is 17.2 Å². The van der Waals surface area contributed by atoms with Gasteiger partial charge in [-0.2, -0.15) is 5.10 Å². The Bertz CT molecular complexity index is 694. The van der Waals surface area contributed by atoms with Crippen molar-refractivity contribution >= 4 is 12.2 Å². The van der Waals surface area contributed by atoms with E-state index in [0.717, 1.165) is 11.3 Å². The summed E-state index contributed by atoms with van der Waals surface area (Å²) in [6, 6.07) is 3.62. The molecule has 0 spiro atoms. The molecule has 0 amide bonds. The lowest BCUT2D eigenvalue weighted by Gasteiger charge is -2.19. The Morgan fingerprint density at radius 3 is 2.67 bits per heavy atom. The summed E-state index contributed by atoms with van der Waals surface area (Å²) < 4.78 is 17.9. The number of nitrogen functional groups attached to an aromatic ring is 1. The van der Waals surface area contributed by atoms with Crippen LogP contribution in [0.1, 0.15) is 11.3 Å². The average Bonchev–Trinajstić information content (AvgIpc) is 2.82. The van der Waals surface area contributed by atoms with Crippen LogP contribution in [0.3, 0.4) is 0 Å². The van der Waals surface area contributed by atoms with E-state index in [1.54, 1.807) is 25.6 Å². The zero-order valence-electron chi connectivity index (χ0n) is 11.9. The minimum Gasteiger partial charge on any atom is -0.496 e. The summed E-state index contributed by atoms with van der Waals surface area (Å²) in [5.41, 5.74) is 7.32. The first kappa shape index (κ1) is 13.3. The van der Waals surface area contributed by atoms with E-state index in [-0.39, 0.29) is 0 Å². The molecule has 0 fully saturated rings. The molecule has 1 aliphatic rings. The summed E-state index contributed by atoms with van der Waals surface area (Å²) in [4.78, 5) is 4.09. The van der Waals surface area contributed by atoms with Gasteiger partial charge in [0.05, 0.1) is 25.2 Å². The van der Waals surface area contributed by atoms with E-state index < -0.39 is 0 Å². The molecule has 1 aliphatic heterocycles. The van der Waals surface area contributed by atoms with Crippen molar-refractivity contribution < 1.29 is 14.2 Å². The highest BCUT2D eigenvalue weighted by Crippen LogP contribution is 2.36. The van der Waals surface area contributed by atoms with Crippen molar-refractivity contribution in [3.05, 3.63) is 29.6 Å². The smallest absolute Gasteiger partial charge is 0.221 e. The fraction of sp³-hybridized carbons (Fsp3) is 0.286. The molecule has 0 saturated heterocycles. The summed E-state index contributed by atoms with van der Waals surface area (Å²) in [6.07, 6.45) is 3.39. The second-order valence-electron chi connectivity index (χ2n) is 4.57. The summed E-state index contributed by atoms with van der Waals surface area (Å²) in [7, 11) is 1.60. The van der Waals surface area contributed by atoms with Gasteiger partial charge in [0.1, 0.15) is 19.0 Å². The average molecular weight is 288 g/mol. The standard InChI is InChI=1S/C14H16N4O3/c1-9-8-18(14(15)17-9)16-7-10-5-12-13(6-11(10)19-2)21-4-3-20-12/h5-8H,3-4H2,1-2H3,(H2,15,17). The van der Waals surface area contributed by atoms with Gasteiger partial charge < -0.3 is 19.9 Å². The van der Waals surface area contributed by atoms with Crippen LogP contribution in [0, 0.1) is 6.92 Å². The molecule has 2 heterocycles. The third kappa shape index (κ3) is 2.62. The Hall–Kier alpha value is -2.70. The molecular formula is C14H16N4O3. The lowest BCUT2D eigenvalue weighted by atomic mass is 10.2. The van der Waals surface area contributed by atoms with Crippen molar-refractivity contribution in [1.29, 1.82) is 0 Å². The van der Waals surface area contributed by atoms with Crippen LogP contribution >= 0.6 is 0 Å². The summed E-state index contributed by atoms with van der Waals surface area (Å²) in [5.74, 6) is 2.34. The number of fused-ring (bicyclic) bond motifs is 1. The molecule has 2 aromatic rings. The summed E-state index contributed by atoms with van der Waals surface area (Å²) in [6.45, 7) is 2.92. The predicted octanol–water partition coefficient (Wildman–Crippen LogP) is 1.44. The molecule has 1 aromatic heterocycles. The predicted molar refractivity (Wildman–Crippen MR) is 78.4 cm³/mol. The highest BCUT2D eigenvalue weighted by atomic mass is 16.6. The third-order valence-corrected chi connectivity index (χ3v) is 3.05. The molecule has 0 saturated carbocycles. The van der Waals surface area contributed by atoms with Gasteiger partial charge in [-0.25, -0.2) is 9.66 Å². The zero-order valence-corrected chi connectivity index (χ0v) is 11.9. The number of aromatic nitrogens is 2. The summed E-state index contributed by atoms with van der Waals surface area (Å²) in [5, 5.41) is 4.28. The molecule has 0 atom stereocenters. The molecular weight excluding hydrogens is 272 g/mol. The minimum atomic E-state index is 0.334. The van der Waals surface area contributed by atoms with E-state index in [0.29, 0.717) is 36.4 Å². The van der Waals surface area contributed by atoms with Gasteiger partial charge in [-0.1, -0.05) is 0 Å². The first-order chi connectivity index (χ1) is 10.2. The van der Waals surface area contributed by atoms with Crippen molar-refractivity contribution in [2.75, 3.05) is 26.1 Å². The minimum absolute atomic E-state index is 0.334. The Morgan fingerprint density at radius 1 is 1.33 bits per heavy atom. The lowest BCUT2D eigenvalue weighted by molar-refractivity contribution is 0.171. The van der Waals surface area contributed by atoms with Crippen LogP contribution < -0.4 is 19.9 Å². The van der Waals surface area contributed by atoms with E-state index in [9.17, 15) is 0 Å². The quantitative estimate of drug-likeness (QED) is 0.864.